The highest BCUT2D eigenvalue weighted by Crippen LogP contribution is 2.20. The van der Waals surface area contributed by atoms with Crippen molar-refractivity contribution in [3.05, 3.63) is 130 Å². The zero-order chi connectivity index (χ0) is 26.8. The van der Waals surface area contributed by atoms with E-state index in [-0.39, 0.29) is 19.0 Å². The van der Waals surface area contributed by atoms with E-state index in [1.54, 1.807) is 38.1 Å². The van der Waals surface area contributed by atoms with Gasteiger partial charge < -0.3 is 9.47 Å². The van der Waals surface area contributed by atoms with Crippen LogP contribution in [-0.2, 0) is 32.3 Å². The molecule has 0 aliphatic heterocycles. The monoisotopic (exact) mass is 496 g/mol. The van der Waals surface area contributed by atoms with Crippen LogP contribution in [0.4, 0.5) is 4.39 Å². The van der Waals surface area contributed by atoms with Crippen molar-refractivity contribution in [1.82, 2.24) is 0 Å². The highest BCUT2D eigenvalue weighted by atomic mass is 19.1. The molecular weight excluding hydrogens is 467 g/mol. The van der Waals surface area contributed by atoms with Gasteiger partial charge in [-0.3, -0.25) is 0 Å². The van der Waals surface area contributed by atoms with Crippen LogP contribution in [0.1, 0.15) is 47.2 Å². The number of ether oxygens (including phenoxy) is 2. The van der Waals surface area contributed by atoms with Crippen molar-refractivity contribution in [3.63, 3.8) is 0 Å². The van der Waals surface area contributed by atoms with Crippen LogP contribution in [0.3, 0.4) is 0 Å². The first-order chi connectivity index (χ1) is 17.7. The first kappa shape index (κ1) is 27.1. The van der Waals surface area contributed by atoms with E-state index in [1.807, 2.05) is 60.7 Å². The van der Waals surface area contributed by atoms with Crippen LogP contribution in [0.5, 0.6) is 0 Å². The SMILES string of the molecule is C=C(C)C(=O)OCc1ccccc1/C=C/c1ccc(/C=C/c2ccccc2COC(=O)C(=C)C)c(F)c1. The molecule has 0 N–H and O–H groups in total. The third kappa shape index (κ3) is 8.00. The molecule has 0 atom stereocenters. The molecule has 3 aromatic rings. The second kappa shape index (κ2) is 13.0. The lowest BCUT2D eigenvalue weighted by Gasteiger charge is -2.08. The van der Waals surface area contributed by atoms with Gasteiger partial charge in [-0.1, -0.05) is 98.1 Å². The Morgan fingerprint density at radius 3 is 1.65 bits per heavy atom. The minimum atomic E-state index is -0.455. The maximum absolute atomic E-state index is 14.9. The predicted octanol–water partition coefficient (Wildman–Crippen LogP) is 7.41. The lowest BCUT2D eigenvalue weighted by atomic mass is 10.0. The third-order valence-corrected chi connectivity index (χ3v) is 5.45. The molecule has 3 rings (SSSR count). The summed E-state index contributed by atoms with van der Waals surface area (Å²) in [5, 5.41) is 0. The first-order valence-corrected chi connectivity index (χ1v) is 11.7. The average Bonchev–Trinajstić information content (AvgIpc) is 2.89. The summed E-state index contributed by atoms with van der Waals surface area (Å²) in [6, 6.07) is 20.0. The Balaban J connectivity index is 1.72. The summed E-state index contributed by atoms with van der Waals surface area (Å²) in [5.41, 5.74) is 5.12. The first-order valence-electron chi connectivity index (χ1n) is 11.7. The van der Waals surface area contributed by atoms with Crippen LogP contribution in [0, 0.1) is 5.82 Å². The van der Waals surface area contributed by atoms with Crippen molar-refractivity contribution in [2.24, 2.45) is 0 Å². The Hall–Kier alpha value is -4.51. The second-order valence-corrected chi connectivity index (χ2v) is 8.56. The Bertz CT molecular complexity index is 1380. The molecule has 0 saturated heterocycles. The van der Waals surface area contributed by atoms with E-state index in [9.17, 15) is 14.0 Å². The van der Waals surface area contributed by atoms with Gasteiger partial charge in [0.25, 0.3) is 0 Å². The number of hydrogen-bond acceptors (Lipinski definition) is 4. The zero-order valence-corrected chi connectivity index (χ0v) is 21.0. The van der Waals surface area contributed by atoms with Crippen LogP contribution < -0.4 is 0 Å². The number of benzene rings is 3. The minimum Gasteiger partial charge on any atom is -0.457 e. The van der Waals surface area contributed by atoms with Crippen molar-refractivity contribution >= 4 is 36.2 Å². The molecule has 0 saturated carbocycles. The largest absolute Gasteiger partial charge is 0.457 e. The molecule has 0 aromatic heterocycles. The Morgan fingerprint density at radius 2 is 1.16 bits per heavy atom. The number of esters is 2. The summed E-state index contributed by atoms with van der Waals surface area (Å²) < 4.78 is 25.4. The molecule has 0 aliphatic rings. The van der Waals surface area contributed by atoms with Gasteiger partial charge in [-0.25, -0.2) is 14.0 Å². The van der Waals surface area contributed by atoms with Gasteiger partial charge in [0.2, 0.25) is 0 Å². The summed E-state index contributed by atoms with van der Waals surface area (Å²) in [6.07, 6.45) is 7.14. The van der Waals surface area contributed by atoms with E-state index in [0.717, 1.165) is 22.3 Å². The molecule has 37 heavy (non-hydrogen) atoms. The molecule has 188 valence electrons. The average molecular weight is 497 g/mol. The minimum absolute atomic E-state index is 0.103. The maximum atomic E-state index is 14.9. The van der Waals surface area contributed by atoms with Gasteiger partial charge in [-0.05, 0) is 47.7 Å². The molecule has 0 heterocycles. The Kier molecular flexibility index (Phi) is 9.50. The van der Waals surface area contributed by atoms with E-state index >= 15 is 0 Å². The topological polar surface area (TPSA) is 52.6 Å². The highest BCUT2D eigenvalue weighted by Gasteiger charge is 2.07. The predicted molar refractivity (Wildman–Crippen MR) is 146 cm³/mol. The van der Waals surface area contributed by atoms with Gasteiger partial charge in [-0.15, -0.1) is 0 Å². The molecule has 0 unspecified atom stereocenters. The van der Waals surface area contributed by atoms with Gasteiger partial charge in [0.15, 0.2) is 0 Å². The van der Waals surface area contributed by atoms with Gasteiger partial charge in [0, 0.05) is 16.7 Å². The smallest absolute Gasteiger partial charge is 0.333 e. The van der Waals surface area contributed by atoms with Crippen molar-refractivity contribution < 1.29 is 23.5 Å². The zero-order valence-electron chi connectivity index (χ0n) is 21.0. The van der Waals surface area contributed by atoms with Gasteiger partial charge in [-0.2, -0.15) is 0 Å². The summed E-state index contributed by atoms with van der Waals surface area (Å²) in [6.45, 7) is 10.6. The van der Waals surface area contributed by atoms with Crippen molar-refractivity contribution in [3.8, 4) is 0 Å². The molecule has 0 amide bonds. The van der Waals surface area contributed by atoms with Gasteiger partial charge >= 0.3 is 11.9 Å². The normalized spacial score (nSPS) is 11.0. The van der Waals surface area contributed by atoms with Crippen LogP contribution in [0.25, 0.3) is 24.3 Å². The molecular formula is C32H29FO4. The van der Waals surface area contributed by atoms with E-state index < -0.39 is 11.9 Å². The van der Waals surface area contributed by atoms with Crippen LogP contribution >= 0.6 is 0 Å². The van der Waals surface area contributed by atoms with E-state index in [4.69, 9.17) is 9.47 Å². The lowest BCUT2D eigenvalue weighted by molar-refractivity contribution is -0.141. The van der Waals surface area contributed by atoms with E-state index in [2.05, 4.69) is 13.2 Å². The third-order valence-electron chi connectivity index (χ3n) is 5.45. The Labute approximate surface area is 217 Å². The van der Waals surface area contributed by atoms with Gasteiger partial charge in [0.1, 0.15) is 19.0 Å². The fourth-order valence-corrected chi connectivity index (χ4v) is 3.34. The molecule has 0 spiro atoms. The Morgan fingerprint density at radius 1 is 0.703 bits per heavy atom. The van der Waals surface area contributed by atoms with E-state index in [0.29, 0.717) is 22.3 Å². The van der Waals surface area contributed by atoms with Crippen molar-refractivity contribution in [2.75, 3.05) is 0 Å². The number of rotatable bonds is 10. The molecule has 3 aromatic carbocycles. The summed E-state index contributed by atoms with van der Waals surface area (Å²) in [7, 11) is 0. The maximum Gasteiger partial charge on any atom is 0.333 e. The van der Waals surface area contributed by atoms with E-state index in [1.165, 1.54) is 6.07 Å². The summed E-state index contributed by atoms with van der Waals surface area (Å²) in [5.74, 6) is -1.27. The van der Waals surface area contributed by atoms with Crippen LogP contribution in [0.2, 0.25) is 0 Å². The fourth-order valence-electron chi connectivity index (χ4n) is 3.34. The molecule has 5 heteroatoms. The number of hydrogen-bond donors (Lipinski definition) is 0. The highest BCUT2D eigenvalue weighted by molar-refractivity contribution is 5.87. The number of carbonyl (C=O) groups excluding carboxylic acids is 2. The second-order valence-electron chi connectivity index (χ2n) is 8.56. The molecule has 4 nitrogen and oxygen atoms in total. The molecule has 0 aliphatic carbocycles. The standard InChI is InChI=1S/C32H29FO4/c1-22(2)31(34)36-20-28-11-7-5-9-25(28)15-13-24-14-16-27(30(33)19-24)18-17-26-10-6-8-12-29(26)21-37-32(35)23(3)4/h5-19H,1,3,20-21H2,2,4H3/b15-13+,18-17+. The fraction of sp³-hybridized carbons (Fsp3) is 0.125. The number of halogens is 1. The molecule has 0 bridgehead atoms. The molecule has 0 fully saturated rings. The van der Waals surface area contributed by atoms with Crippen molar-refractivity contribution in [1.29, 1.82) is 0 Å². The van der Waals surface area contributed by atoms with Gasteiger partial charge in [0.05, 0.1) is 0 Å². The van der Waals surface area contributed by atoms with Crippen LogP contribution in [-0.4, -0.2) is 11.9 Å². The quantitative estimate of drug-likeness (QED) is 0.167. The van der Waals surface area contributed by atoms with Crippen molar-refractivity contribution in [2.45, 2.75) is 27.1 Å². The summed E-state index contributed by atoms with van der Waals surface area (Å²) in [4.78, 5) is 23.4. The van der Waals surface area contributed by atoms with Crippen LogP contribution in [0.15, 0.2) is 91.0 Å². The summed E-state index contributed by atoms with van der Waals surface area (Å²) >= 11 is 0. The lowest BCUT2D eigenvalue weighted by Crippen LogP contribution is -2.05. The molecule has 0 radical (unpaired) electrons. The number of carbonyl (C=O) groups is 2.